The minimum Gasteiger partial charge on any atom is -0.386 e. The van der Waals surface area contributed by atoms with E-state index in [4.69, 9.17) is 11.6 Å². The second-order valence-corrected chi connectivity index (χ2v) is 4.42. The molecule has 1 atom stereocenters. The third-order valence-corrected chi connectivity index (χ3v) is 2.97. The van der Waals surface area contributed by atoms with Crippen molar-refractivity contribution in [3.8, 4) is 0 Å². The highest BCUT2D eigenvalue weighted by Gasteiger charge is 2.31. The maximum Gasteiger partial charge on any atom is 0.416 e. The van der Waals surface area contributed by atoms with Crippen molar-refractivity contribution in [3.05, 3.63) is 53.1 Å². The third-order valence-electron chi connectivity index (χ3n) is 2.63. The number of aromatic nitrogens is 2. The quantitative estimate of drug-likeness (QED) is 0.942. The largest absolute Gasteiger partial charge is 0.416 e. The molecule has 102 valence electrons. The lowest BCUT2D eigenvalue weighted by molar-refractivity contribution is -0.137. The highest BCUT2D eigenvalue weighted by molar-refractivity contribution is 6.31. The van der Waals surface area contributed by atoms with Gasteiger partial charge >= 0.3 is 6.18 Å². The van der Waals surface area contributed by atoms with Crippen LogP contribution >= 0.6 is 11.6 Å². The summed E-state index contributed by atoms with van der Waals surface area (Å²) < 4.78 is 39.4. The van der Waals surface area contributed by atoms with Crippen LogP contribution in [-0.4, -0.2) is 14.7 Å². The Balaban J connectivity index is 2.28. The average molecular weight is 291 g/mol. The molecule has 0 aliphatic carbocycles. The number of hydrogen-bond donors (Lipinski definition) is 1. The van der Waals surface area contributed by atoms with Crippen molar-refractivity contribution >= 4 is 11.6 Å². The summed E-state index contributed by atoms with van der Waals surface area (Å²) in [4.78, 5) is 3.79. The fourth-order valence-corrected chi connectivity index (χ4v) is 1.91. The lowest BCUT2D eigenvalue weighted by Crippen LogP contribution is -2.11. The Kier molecular flexibility index (Phi) is 3.82. The molecule has 7 heteroatoms. The van der Waals surface area contributed by atoms with Gasteiger partial charge < -0.3 is 9.67 Å². The predicted molar refractivity (Wildman–Crippen MR) is 63.6 cm³/mol. The van der Waals surface area contributed by atoms with Crippen LogP contribution in [0.5, 0.6) is 0 Å². The molecule has 19 heavy (non-hydrogen) atoms. The lowest BCUT2D eigenvalue weighted by atomic mass is 10.1. The van der Waals surface area contributed by atoms with Crippen molar-refractivity contribution in [1.29, 1.82) is 0 Å². The molecule has 0 radical (unpaired) electrons. The molecule has 0 aliphatic heterocycles. The number of alkyl halides is 3. The van der Waals surface area contributed by atoms with Crippen LogP contribution in [0.2, 0.25) is 5.02 Å². The average Bonchev–Trinajstić information content (AvgIpc) is 2.80. The van der Waals surface area contributed by atoms with Gasteiger partial charge in [0.25, 0.3) is 0 Å². The molecule has 0 bridgehead atoms. The summed E-state index contributed by atoms with van der Waals surface area (Å²) in [6.45, 7) is 0.0844. The zero-order valence-corrected chi connectivity index (χ0v) is 10.4. The molecule has 0 amide bonds. The molecular formula is C12H10ClF3N2O. The summed E-state index contributed by atoms with van der Waals surface area (Å²) in [5.41, 5.74) is -0.790. The first-order chi connectivity index (χ1) is 8.88. The monoisotopic (exact) mass is 290 g/mol. The number of benzene rings is 1. The van der Waals surface area contributed by atoms with E-state index in [0.717, 1.165) is 18.2 Å². The van der Waals surface area contributed by atoms with Crippen LogP contribution in [0.25, 0.3) is 0 Å². The van der Waals surface area contributed by atoms with Crippen LogP contribution in [0.4, 0.5) is 13.2 Å². The number of rotatable bonds is 3. The zero-order chi connectivity index (χ0) is 14.0. The van der Waals surface area contributed by atoms with Crippen molar-refractivity contribution in [2.24, 2.45) is 0 Å². The third kappa shape index (κ3) is 3.27. The lowest BCUT2D eigenvalue weighted by Gasteiger charge is -2.15. The molecule has 2 rings (SSSR count). The van der Waals surface area contributed by atoms with Gasteiger partial charge in [-0.05, 0) is 18.2 Å². The zero-order valence-electron chi connectivity index (χ0n) is 9.60. The normalized spacial score (nSPS) is 13.5. The molecule has 1 aromatic carbocycles. The Bertz CT molecular complexity index is 555. The van der Waals surface area contributed by atoms with E-state index in [1.807, 2.05) is 0 Å². The fourth-order valence-electron chi connectivity index (χ4n) is 1.67. The van der Waals surface area contributed by atoms with Crippen molar-refractivity contribution in [2.75, 3.05) is 0 Å². The van der Waals surface area contributed by atoms with Gasteiger partial charge in [0, 0.05) is 23.0 Å². The van der Waals surface area contributed by atoms with Crippen molar-refractivity contribution in [3.63, 3.8) is 0 Å². The molecule has 0 spiro atoms. The minimum atomic E-state index is -4.46. The van der Waals surface area contributed by atoms with E-state index in [9.17, 15) is 18.3 Å². The van der Waals surface area contributed by atoms with E-state index in [-0.39, 0.29) is 17.1 Å². The maximum absolute atomic E-state index is 12.6. The topological polar surface area (TPSA) is 38.0 Å². The molecule has 1 unspecified atom stereocenters. The SMILES string of the molecule is OC(Cn1ccnc1)c1cc(C(F)(F)F)ccc1Cl. The van der Waals surface area contributed by atoms with Crippen LogP contribution in [0.15, 0.2) is 36.9 Å². The predicted octanol–water partition coefficient (Wildman–Crippen LogP) is 3.29. The van der Waals surface area contributed by atoms with E-state index in [1.54, 1.807) is 10.8 Å². The van der Waals surface area contributed by atoms with E-state index >= 15 is 0 Å². The molecule has 0 saturated carbocycles. The number of hydrogen-bond acceptors (Lipinski definition) is 2. The summed E-state index contributed by atoms with van der Waals surface area (Å²) in [7, 11) is 0. The Hall–Kier alpha value is -1.53. The molecule has 2 aromatic rings. The number of nitrogens with zero attached hydrogens (tertiary/aromatic N) is 2. The fraction of sp³-hybridized carbons (Fsp3) is 0.250. The van der Waals surface area contributed by atoms with Crippen molar-refractivity contribution in [1.82, 2.24) is 9.55 Å². The number of aliphatic hydroxyl groups excluding tert-OH is 1. The summed E-state index contributed by atoms with van der Waals surface area (Å²) in [6, 6.07) is 2.89. The summed E-state index contributed by atoms with van der Waals surface area (Å²) in [5, 5.41) is 10.1. The van der Waals surface area contributed by atoms with Gasteiger partial charge in [-0.1, -0.05) is 11.6 Å². The first kappa shape index (κ1) is 13.9. The van der Waals surface area contributed by atoms with E-state index in [1.165, 1.54) is 12.5 Å². The molecular weight excluding hydrogens is 281 g/mol. The molecule has 0 aliphatic rings. The van der Waals surface area contributed by atoms with Gasteiger partial charge in [-0.2, -0.15) is 13.2 Å². The van der Waals surface area contributed by atoms with Crippen molar-refractivity contribution < 1.29 is 18.3 Å². The standard InChI is InChI=1S/C12H10ClF3N2O/c13-10-2-1-8(12(14,15)16)5-9(10)11(19)6-18-4-3-17-7-18/h1-5,7,11,19H,6H2. The van der Waals surface area contributed by atoms with Gasteiger partial charge in [0.1, 0.15) is 0 Å². The van der Waals surface area contributed by atoms with Gasteiger partial charge in [-0.15, -0.1) is 0 Å². The second-order valence-electron chi connectivity index (χ2n) is 4.01. The molecule has 1 aromatic heterocycles. The highest BCUT2D eigenvalue weighted by Crippen LogP contribution is 2.34. The van der Waals surface area contributed by atoms with Gasteiger partial charge in [0.05, 0.1) is 24.5 Å². The van der Waals surface area contributed by atoms with E-state index in [0.29, 0.717) is 0 Å². The Morgan fingerprint density at radius 3 is 2.68 bits per heavy atom. The first-order valence-electron chi connectivity index (χ1n) is 5.38. The van der Waals surface area contributed by atoms with Gasteiger partial charge in [-0.25, -0.2) is 4.98 Å². The molecule has 0 fully saturated rings. The van der Waals surface area contributed by atoms with Crippen LogP contribution in [0.1, 0.15) is 17.2 Å². The number of halogens is 4. The smallest absolute Gasteiger partial charge is 0.386 e. The number of aliphatic hydroxyl groups is 1. The molecule has 0 saturated heterocycles. The first-order valence-corrected chi connectivity index (χ1v) is 5.76. The number of imidazole rings is 1. The minimum absolute atomic E-state index is 0.0465. The van der Waals surface area contributed by atoms with Gasteiger partial charge in [0.15, 0.2) is 0 Å². The van der Waals surface area contributed by atoms with E-state index < -0.39 is 17.8 Å². The Labute approximate surface area is 112 Å². The molecule has 3 nitrogen and oxygen atoms in total. The van der Waals surface area contributed by atoms with Crippen LogP contribution in [0, 0.1) is 0 Å². The van der Waals surface area contributed by atoms with Crippen LogP contribution in [-0.2, 0) is 12.7 Å². The maximum atomic E-state index is 12.6. The molecule has 1 heterocycles. The summed E-state index contributed by atoms with van der Waals surface area (Å²) in [5.74, 6) is 0. The highest BCUT2D eigenvalue weighted by atomic mass is 35.5. The van der Waals surface area contributed by atoms with Crippen molar-refractivity contribution in [2.45, 2.75) is 18.8 Å². The Morgan fingerprint density at radius 2 is 2.11 bits per heavy atom. The van der Waals surface area contributed by atoms with Gasteiger partial charge in [-0.3, -0.25) is 0 Å². The summed E-state index contributed by atoms with van der Waals surface area (Å²) in [6.07, 6.45) is -1.02. The van der Waals surface area contributed by atoms with Gasteiger partial charge in [0.2, 0.25) is 0 Å². The van der Waals surface area contributed by atoms with E-state index in [2.05, 4.69) is 4.98 Å². The summed E-state index contributed by atoms with van der Waals surface area (Å²) >= 11 is 5.83. The second kappa shape index (κ2) is 5.22. The Morgan fingerprint density at radius 1 is 1.37 bits per heavy atom. The molecule has 1 N–H and O–H groups in total. The van der Waals surface area contributed by atoms with Crippen LogP contribution < -0.4 is 0 Å². The van der Waals surface area contributed by atoms with Crippen LogP contribution in [0.3, 0.4) is 0 Å².